The molecule has 120 valence electrons. The van der Waals surface area contributed by atoms with Crippen molar-refractivity contribution in [1.82, 2.24) is 4.90 Å². The molecule has 0 spiro atoms. The van der Waals surface area contributed by atoms with Crippen LogP contribution in [-0.4, -0.2) is 25.0 Å². The van der Waals surface area contributed by atoms with E-state index in [2.05, 4.69) is 73.5 Å². The van der Waals surface area contributed by atoms with Crippen LogP contribution in [-0.2, 0) is 11.8 Å². The Bertz CT molecular complexity index is 669. The summed E-state index contributed by atoms with van der Waals surface area (Å²) in [6, 6.07) is 20.4. The van der Waals surface area contributed by atoms with Crippen molar-refractivity contribution in [3.8, 4) is 0 Å². The summed E-state index contributed by atoms with van der Waals surface area (Å²) in [4.78, 5) is 2.48. The monoisotopic (exact) mass is 305 g/mol. The van der Waals surface area contributed by atoms with Gasteiger partial charge < -0.3 is 4.90 Å². The van der Waals surface area contributed by atoms with E-state index in [0.717, 1.165) is 5.92 Å². The van der Waals surface area contributed by atoms with Gasteiger partial charge in [0.25, 0.3) is 0 Å². The molecular formula is C22H27N. The number of benzene rings is 2. The molecule has 1 nitrogen and oxygen atoms in total. The molecule has 2 aromatic carbocycles. The van der Waals surface area contributed by atoms with E-state index in [1.807, 2.05) is 0 Å². The van der Waals surface area contributed by atoms with Gasteiger partial charge in [0, 0.05) is 5.41 Å². The molecule has 23 heavy (non-hydrogen) atoms. The van der Waals surface area contributed by atoms with Crippen molar-refractivity contribution in [3.05, 3.63) is 71.3 Å². The number of hydrogen-bond acceptors (Lipinski definition) is 1. The molecule has 0 N–H and O–H groups in total. The fourth-order valence-corrected chi connectivity index (χ4v) is 5.08. The Balaban J connectivity index is 1.77. The van der Waals surface area contributed by atoms with Crippen LogP contribution in [0.15, 0.2) is 54.6 Å². The van der Waals surface area contributed by atoms with Crippen LogP contribution < -0.4 is 0 Å². The van der Waals surface area contributed by atoms with E-state index in [1.54, 1.807) is 11.1 Å². The maximum Gasteiger partial charge on any atom is 0.00365 e. The molecule has 1 heterocycles. The summed E-state index contributed by atoms with van der Waals surface area (Å²) < 4.78 is 0. The molecule has 0 saturated carbocycles. The number of hydrogen-bond donors (Lipinski definition) is 0. The number of piperidine rings is 1. The Labute approximate surface area is 140 Å². The van der Waals surface area contributed by atoms with Gasteiger partial charge in [-0.1, -0.05) is 61.5 Å². The van der Waals surface area contributed by atoms with E-state index in [1.165, 1.54) is 37.9 Å². The van der Waals surface area contributed by atoms with Crippen molar-refractivity contribution in [1.29, 1.82) is 0 Å². The Hall–Kier alpha value is -1.60. The number of fused-ring (bicyclic) bond motifs is 1. The molecule has 2 aliphatic rings. The summed E-state index contributed by atoms with van der Waals surface area (Å²) >= 11 is 0. The summed E-state index contributed by atoms with van der Waals surface area (Å²) in [6.45, 7) is 4.99. The summed E-state index contributed by atoms with van der Waals surface area (Å²) in [5, 5.41) is 0. The highest BCUT2D eigenvalue weighted by molar-refractivity contribution is 5.46. The van der Waals surface area contributed by atoms with E-state index in [9.17, 15) is 0 Å². The van der Waals surface area contributed by atoms with Gasteiger partial charge in [0.05, 0.1) is 0 Å². The van der Waals surface area contributed by atoms with E-state index in [0.29, 0.717) is 5.92 Å². The van der Waals surface area contributed by atoms with Crippen molar-refractivity contribution < 1.29 is 0 Å². The minimum absolute atomic E-state index is 0.242. The van der Waals surface area contributed by atoms with Crippen LogP contribution in [0.3, 0.4) is 0 Å². The Morgan fingerprint density at radius 3 is 2.30 bits per heavy atom. The number of nitrogens with zero attached hydrogens (tertiary/aromatic N) is 1. The van der Waals surface area contributed by atoms with Crippen molar-refractivity contribution in [3.63, 3.8) is 0 Å². The molecule has 1 saturated heterocycles. The third-order valence-electron chi connectivity index (χ3n) is 6.30. The first-order chi connectivity index (χ1) is 11.2. The van der Waals surface area contributed by atoms with Crippen LogP contribution >= 0.6 is 0 Å². The highest BCUT2D eigenvalue weighted by Gasteiger charge is 2.47. The standard InChI is InChI=1S/C22H27N/c1-22(19-9-4-3-5-10-19)16-18-8-6-7-11-20(18)21(22)17-12-14-23(2)15-13-17/h3-11,17,21H,12-16H2,1-2H3. The quantitative estimate of drug-likeness (QED) is 0.782. The average molecular weight is 305 g/mol. The SMILES string of the molecule is CN1CCC(C2c3ccccc3CC2(C)c2ccccc2)CC1. The lowest BCUT2D eigenvalue weighted by atomic mass is 9.65. The maximum atomic E-state index is 2.51. The number of likely N-dealkylation sites (tertiary alicyclic amines) is 1. The zero-order chi connectivity index (χ0) is 15.9. The van der Waals surface area contributed by atoms with Crippen LogP contribution in [0.5, 0.6) is 0 Å². The second kappa shape index (κ2) is 5.79. The molecule has 1 aliphatic carbocycles. The van der Waals surface area contributed by atoms with Gasteiger partial charge in [0.1, 0.15) is 0 Å². The van der Waals surface area contributed by atoms with Gasteiger partial charge in [-0.2, -0.15) is 0 Å². The molecule has 4 rings (SSSR count). The van der Waals surface area contributed by atoms with E-state index >= 15 is 0 Å². The Morgan fingerprint density at radius 1 is 0.913 bits per heavy atom. The molecular weight excluding hydrogens is 278 g/mol. The molecule has 2 aromatic rings. The molecule has 0 amide bonds. The molecule has 0 aromatic heterocycles. The lowest BCUT2D eigenvalue weighted by Crippen LogP contribution is -2.38. The molecule has 2 unspecified atom stereocenters. The van der Waals surface area contributed by atoms with E-state index in [4.69, 9.17) is 0 Å². The first-order valence-corrected chi connectivity index (χ1v) is 9.00. The summed E-state index contributed by atoms with van der Waals surface area (Å²) in [6.07, 6.45) is 3.85. The predicted molar refractivity (Wildman–Crippen MR) is 96.9 cm³/mol. The molecule has 1 fully saturated rings. The van der Waals surface area contributed by atoms with Gasteiger partial charge in [0.15, 0.2) is 0 Å². The van der Waals surface area contributed by atoms with Crippen LogP contribution in [0, 0.1) is 5.92 Å². The predicted octanol–water partition coefficient (Wildman–Crippen LogP) is 4.63. The van der Waals surface area contributed by atoms with E-state index < -0.39 is 0 Å². The largest absolute Gasteiger partial charge is 0.306 e. The van der Waals surface area contributed by atoms with Gasteiger partial charge in [-0.3, -0.25) is 0 Å². The smallest absolute Gasteiger partial charge is 0.00365 e. The summed E-state index contributed by atoms with van der Waals surface area (Å²) in [5.41, 5.74) is 4.95. The van der Waals surface area contributed by atoms with Crippen molar-refractivity contribution >= 4 is 0 Å². The average Bonchev–Trinajstić information content (AvgIpc) is 2.90. The van der Waals surface area contributed by atoms with Crippen LogP contribution in [0.2, 0.25) is 0 Å². The highest BCUT2D eigenvalue weighted by atomic mass is 15.1. The van der Waals surface area contributed by atoms with Gasteiger partial charge >= 0.3 is 0 Å². The highest BCUT2D eigenvalue weighted by Crippen LogP contribution is 2.54. The number of rotatable bonds is 2. The van der Waals surface area contributed by atoms with Crippen LogP contribution in [0.25, 0.3) is 0 Å². The molecule has 1 aliphatic heterocycles. The molecule has 1 heteroatoms. The molecule has 0 bridgehead atoms. The molecule has 0 radical (unpaired) electrons. The Morgan fingerprint density at radius 2 is 1.57 bits per heavy atom. The summed E-state index contributed by atoms with van der Waals surface area (Å²) in [7, 11) is 2.26. The molecule has 2 atom stereocenters. The lowest BCUT2D eigenvalue weighted by molar-refractivity contribution is 0.169. The minimum atomic E-state index is 0.242. The second-order valence-electron chi connectivity index (χ2n) is 7.78. The zero-order valence-electron chi connectivity index (χ0n) is 14.3. The second-order valence-corrected chi connectivity index (χ2v) is 7.78. The van der Waals surface area contributed by atoms with Crippen LogP contribution in [0.4, 0.5) is 0 Å². The van der Waals surface area contributed by atoms with Gasteiger partial charge in [-0.25, -0.2) is 0 Å². The van der Waals surface area contributed by atoms with Gasteiger partial charge in [-0.05, 0) is 67.9 Å². The van der Waals surface area contributed by atoms with Crippen molar-refractivity contribution in [2.45, 2.75) is 37.5 Å². The van der Waals surface area contributed by atoms with Gasteiger partial charge in [0.2, 0.25) is 0 Å². The maximum absolute atomic E-state index is 2.51. The van der Waals surface area contributed by atoms with Crippen molar-refractivity contribution in [2.75, 3.05) is 20.1 Å². The van der Waals surface area contributed by atoms with Gasteiger partial charge in [-0.15, -0.1) is 0 Å². The fourth-order valence-electron chi connectivity index (χ4n) is 5.08. The van der Waals surface area contributed by atoms with Crippen LogP contribution in [0.1, 0.15) is 42.4 Å². The normalized spacial score (nSPS) is 28.7. The first kappa shape index (κ1) is 15.0. The third kappa shape index (κ3) is 2.52. The van der Waals surface area contributed by atoms with Crippen molar-refractivity contribution in [2.24, 2.45) is 5.92 Å². The first-order valence-electron chi connectivity index (χ1n) is 9.00. The Kier molecular flexibility index (Phi) is 3.77. The topological polar surface area (TPSA) is 3.24 Å². The summed E-state index contributed by atoms with van der Waals surface area (Å²) in [5.74, 6) is 1.47. The third-order valence-corrected chi connectivity index (χ3v) is 6.30. The van der Waals surface area contributed by atoms with E-state index in [-0.39, 0.29) is 5.41 Å². The minimum Gasteiger partial charge on any atom is -0.306 e. The zero-order valence-corrected chi connectivity index (χ0v) is 14.3. The lowest BCUT2D eigenvalue weighted by Gasteiger charge is -2.41. The fraction of sp³-hybridized carbons (Fsp3) is 0.455.